The van der Waals surface area contributed by atoms with Gasteiger partial charge in [-0.3, -0.25) is 9.80 Å². The molecule has 2 unspecified atom stereocenters. The summed E-state index contributed by atoms with van der Waals surface area (Å²) in [5.74, 6) is -1.26. The predicted molar refractivity (Wildman–Crippen MR) is 91.4 cm³/mol. The van der Waals surface area contributed by atoms with E-state index in [1.54, 1.807) is 6.08 Å². The molecule has 8 nitrogen and oxygen atoms in total. The van der Waals surface area contributed by atoms with Gasteiger partial charge in [0, 0.05) is 13.0 Å². The lowest BCUT2D eigenvalue weighted by Crippen LogP contribution is -2.50. The highest BCUT2D eigenvalue weighted by Crippen LogP contribution is 2.33. The van der Waals surface area contributed by atoms with Crippen molar-refractivity contribution < 1.29 is 29.3 Å². The summed E-state index contributed by atoms with van der Waals surface area (Å²) in [5.41, 5.74) is 1.36. The minimum atomic E-state index is -1.61. The van der Waals surface area contributed by atoms with Crippen molar-refractivity contribution >= 4 is 24.2 Å². The maximum Gasteiger partial charge on any atom is 0.410 e. The van der Waals surface area contributed by atoms with Crippen molar-refractivity contribution in [1.29, 1.82) is 0 Å². The Balaban J connectivity index is 1.69. The maximum absolute atomic E-state index is 12.5. The lowest BCUT2D eigenvalue weighted by Gasteiger charge is -2.27. The van der Waals surface area contributed by atoms with Gasteiger partial charge in [-0.2, -0.15) is 0 Å². The number of carboxylic acids is 1. The van der Waals surface area contributed by atoms with E-state index in [0.29, 0.717) is 13.1 Å². The van der Waals surface area contributed by atoms with E-state index in [2.05, 4.69) is 6.58 Å². The smallest absolute Gasteiger partial charge is 0.410 e. The Bertz CT molecular complexity index is 792. The molecule has 1 aromatic carbocycles. The molecule has 0 radical (unpaired) electrons. The van der Waals surface area contributed by atoms with Crippen LogP contribution in [0.5, 0.6) is 0 Å². The number of carbonyl (C=O) groups excluding carboxylic acids is 1. The Morgan fingerprint density at radius 1 is 1.31 bits per heavy atom. The second-order valence-corrected chi connectivity index (χ2v) is 6.73. The zero-order chi connectivity index (χ0) is 19.1. The fourth-order valence-corrected chi connectivity index (χ4v) is 3.58. The lowest BCUT2D eigenvalue weighted by molar-refractivity contribution is -0.147. The number of rotatable bonds is 3. The number of likely N-dealkylation sites (tertiary alicyclic amines) is 1. The zero-order valence-electron chi connectivity index (χ0n) is 14.3. The maximum atomic E-state index is 12.5. The van der Waals surface area contributed by atoms with Gasteiger partial charge in [-0.25, -0.2) is 14.4 Å². The van der Waals surface area contributed by atoms with E-state index in [1.807, 2.05) is 18.2 Å². The molecule has 2 N–H and O–H groups in total. The molecule has 2 aliphatic heterocycles. The van der Waals surface area contributed by atoms with Crippen LogP contribution in [-0.4, -0.2) is 56.4 Å². The third-order valence-corrected chi connectivity index (χ3v) is 5.06. The number of hydrogen-bond acceptors (Lipinski definition) is 4. The highest BCUT2D eigenvalue weighted by atomic mass is 16.6. The normalized spacial score (nSPS) is 24.3. The fourth-order valence-electron chi connectivity index (χ4n) is 3.58. The number of fused-ring (bicyclic) bond motifs is 1. The second-order valence-electron chi connectivity index (χ2n) is 6.73. The van der Waals surface area contributed by atoms with Gasteiger partial charge in [-0.05, 0) is 23.6 Å². The molecule has 0 aromatic heterocycles. The van der Waals surface area contributed by atoms with Gasteiger partial charge in [0.2, 0.25) is 0 Å². The summed E-state index contributed by atoms with van der Waals surface area (Å²) in [6.45, 7) is 5.69. The largest absolute Gasteiger partial charge is 0.480 e. The molecule has 0 spiro atoms. The van der Waals surface area contributed by atoms with Crippen molar-refractivity contribution in [2.24, 2.45) is 0 Å². The third kappa shape index (κ3) is 2.87. The molecule has 1 aromatic rings. The van der Waals surface area contributed by atoms with Crippen LogP contribution in [-0.2, 0) is 22.6 Å². The SMILES string of the molecule is C=Cc1cccc2c1CN(C(=O)OC1CN(C(=O)O)C(C)(C(=O)O)C1)C2. The van der Waals surface area contributed by atoms with Crippen LogP contribution < -0.4 is 0 Å². The molecule has 1 saturated heterocycles. The molecule has 0 bridgehead atoms. The highest BCUT2D eigenvalue weighted by Gasteiger charge is 2.52. The zero-order valence-corrected chi connectivity index (χ0v) is 14.3. The van der Waals surface area contributed by atoms with Gasteiger partial charge in [-0.1, -0.05) is 30.9 Å². The van der Waals surface area contributed by atoms with Crippen LogP contribution in [0, 0.1) is 0 Å². The average Bonchev–Trinajstić information content (AvgIpc) is 3.16. The standard InChI is InChI=1S/C18H20N2O6/c1-3-11-5-4-6-12-8-19(10-14(11)12)17(25)26-13-7-18(2,15(21)22)20(9-13)16(23)24/h3-6,13H,1,7-10H2,2H3,(H,21,22)(H,23,24). The van der Waals surface area contributed by atoms with Crippen molar-refractivity contribution in [3.63, 3.8) is 0 Å². The number of benzene rings is 1. The monoisotopic (exact) mass is 360 g/mol. The first-order valence-corrected chi connectivity index (χ1v) is 8.19. The molecule has 2 atom stereocenters. The number of aliphatic carboxylic acids is 1. The topological polar surface area (TPSA) is 107 Å². The van der Waals surface area contributed by atoms with Gasteiger partial charge >= 0.3 is 18.2 Å². The van der Waals surface area contributed by atoms with E-state index in [-0.39, 0.29) is 13.0 Å². The van der Waals surface area contributed by atoms with Crippen LogP contribution in [0.4, 0.5) is 9.59 Å². The molecule has 2 aliphatic rings. The van der Waals surface area contributed by atoms with Crippen molar-refractivity contribution in [3.05, 3.63) is 41.5 Å². The molecule has 8 heteroatoms. The molecular formula is C18H20N2O6. The van der Waals surface area contributed by atoms with Crippen molar-refractivity contribution in [3.8, 4) is 0 Å². The molecular weight excluding hydrogens is 340 g/mol. The minimum Gasteiger partial charge on any atom is -0.480 e. The average molecular weight is 360 g/mol. The molecule has 26 heavy (non-hydrogen) atoms. The molecule has 138 valence electrons. The van der Waals surface area contributed by atoms with Crippen LogP contribution in [0.15, 0.2) is 24.8 Å². The Labute approximate surface area is 150 Å². The van der Waals surface area contributed by atoms with Gasteiger partial charge in [0.25, 0.3) is 0 Å². The summed E-state index contributed by atoms with van der Waals surface area (Å²) in [5, 5.41) is 18.6. The van der Waals surface area contributed by atoms with Crippen molar-refractivity contribution in [2.75, 3.05) is 6.54 Å². The molecule has 3 rings (SSSR count). The lowest BCUT2D eigenvalue weighted by atomic mass is 9.99. The highest BCUT2D eigenvalue weighted by molar-refractivity contribution is 5.84. The van der Waals surface area contributed by atoms with Crippen LogP contribution in [0.1, 0.15) is 30.0 Å². The first-order valence-electron chi connectivity index (χ1n) is 8.19. The van der Waals surface area contributed by atoms with Gasteiger partial charge in [0.15, 0.2) is 0 Å². The van der Waals surface area contributed by atoms with E-state index >= 15 is 0 Å². The molecule has 2 amide bonds. The number of hydrogen-bond donors (Lipinski definition) is 2. The number of nitrogens with zero attached hydrogens (tertiary/aromatic N) is 2. The van der Waals surface area contributed by atoms with Crippen LogP contribution in [0.25, 0.3) is 6.08 Å². The molecule has 0 aliphatic carbocycles. The van der Waals surface area contributed by atoms with E-state index in [4.69, 9.17) is 4.74 Å². The van der Waals surface area contributed by atoms with E-state index < -0.39 is 29.8 Å². The summed E-state index contributed by atoms with van der Waals surface area (Å²) < 4.78 is 5.42. The van der Waals surface area contributed by atoms with Gasteiger partial charge in [0.1, 0.15) is 11.6 Å². The van der Waals surface area contributed by atoms with Crippen LogP contribution >= 0.6 is 0 Å². The van der Waals surface area contributed by atoms with E-state index in [9.17, 15) is 24.6 Å². The van der Waals surface area contributed by atoms with Crippen LogP contribution in [0.2, 0.25) is 0 Å². The quantitative estimate of drug-likeness (QED) is 0.857. The number of carbonyl (C=O) groups is 3. The Morgan fingerprint density at radius 3 is 2.62 bits per heavy atom. The van der Waals surface area contributed by atoms with Gasteiger partial charge in [0.05, 0.1) is 13.1 Å². The number of carboxylic acid groups (broad SMARTS) is 2. The second kappa shape index (κ2) is 6.36. The summed E-state index contributed by atoms with van der Waals surface area (Å²) in [6, 6.07) is 5.74. The summed E-state index contributed by atoms with van der Waals surface area (Å²) in [6.07, 6.45) is -1.09. The third-order valence-electron chi connectivity index (χ3n) is 5.06. The van der Waals surface area contributed by atoms with Crippen molar-refractivity contribution in [2.45, 2.75) is 38.1 Å². The van der Waals surface area contributed by atoms with Crippen molar-refractivity contribution in [1.82, 2.24) is 9.80 Å². The number of ether oxygens (including phenoxy) is 1. The minimum absolute atomic E-state index is 0.0843. The summed E-state index contributed by atoms with van der Waals surface area (Å²) in [7, 11) is 0. The Kier molecular flexibility index (Phi) is 4.35. The first-order chi connectivity index (χ1) is 12.3. The molecule has 1 fully saturated rings. The number of amides is 2. The van der Waals surface area contributed by atoms with E-state index in [0.717, 1.165) is 21.6 Å². The van der Waals surface area contributed by atoms with E-state index in [1.165, 1.54) is 11.8 Å². The Morgan fingerprint density at radius 2 is 2.04 bits per heavy atom. The van der Waals surface area contributed by atoms with Crippen LogP contribution in [0.3, 0.4) is 0 Å². The van der Waals surface area contributed by atoms with Gasteiger partial charge in [-0.15, -0.1) is 0 Å². The van der Waals surface area contributed by atoms with Gasteiger partial charge < -0.3 is 14.9 Å². The first kappa shape index (κ1) is 17.8. The summed E-state index contributed by atoms with van der Waals surface area (Å²) >= 11 is 0. The fraction of sp³-hybridized carbons (Fsp3) is 0.389. The molecule has 0 saturated carbocycles. The predicted octanol–water partition coefficient (Wildman–Crippen LogP) is 2.38. The summed E-state index contributed by atoms with van der Waals surface area (Å²) in [4.78, 5) is 37.6. The Hall–Kier alpha value is -3.03. The molecule has 2 heterocycles.